The Morgan fingerprint density at radius 3 is 2.44 bits per heavy atom. The molecule has 1 amide bonds. The highest BCUT2D eigenvalue weighted by Crippen LogP contribution is 2.06. The smallest absolute Gasteiger partial charge is 0.325 e. The van der Waals surface area contributed by atoms with Gasteiger partial charge in [-0.1, -0.05) is 31.2 Å². The van der Waals surface area contributed by atoms with Crippen molar-refractivity contribution < 1.29 is 14.7 Å². The first-order chi connectivity index (χ1) is 8.52. The van der Waals surface area contributed by atoms with Gasteiger partial charge in [0.1, 0.15) is 6.04 Å². The van der Waals surface area contributed by atoms with Gasteiger partial charge >= 0.3 is 5.97 Å². The molecule has 0 spiro atoms. The van der Waals surface area contributed by atoms with Crippen LogP contribution in [0, 0.1) is 0 Å². The van der Waals surface area contributed by atoms with Gasteiger partial charge in [0.2, 0.25) is 5.91 Å². The molecule has 1 rings (SSSR count). The predicted molar refractivity (Wildman–Crippen MR) is 70.1 cm³/mol. The van der Waals surface area contributed by atoms with Crippen LogP contribution in [0.4, 0.5) is 0 Å². The molecule has 2 N–H and O–H groups in total. The molecule has 0 radical (unpaired) electrons. The maximum absolute atomic E-state index is 11.4. The fourth-order valence-electron chi connectivity index (χ4n) is 1.36. The number of carbonyl (C=O) groups excluding carboxylic acids is 1. The summed E-state index contributed by atoms with van der Waals surface area (Å²) in [5.74, 6) is -1.46. The summed E-state index contributed by atoms with van der Waals surface area (Å²) in [6, 6.07) is 6.95. The van der Waals surface area contributed by atoms with Crippen LogP contribution in [0.3, 0.4) is 0 Å². The number of carbonyl (C=O) groups is 2. The Bertz CT molecular complexity index is 449. The lowest BCUT2D eigenvalue weighted by Crippen LogP contribution is -2.37. The molecular weight excluding hydrogens is 230 g/mol. The molecule has 0 aliphatic rings. The molecule has 4 nitrogen and oxygen atoms in total. The number of aliphatic carboxylic acids is 1. The van der Waals surface area contributed by atoms with E-state index in [1.165, 1.54) is 18.6 Å². The molecule has 0 aliphatic carbocycles. The lowest BCUT2D eigenvalue weighted by atomic mass is 10.1. The molecule has 1 aromatic carbocycles. The van der Waals surface area contributed by atoms with Crippen molar-refractivity contribution >= 4 is 18.0 Å². The van der Waals surface area contributed by atoms with Crippen LogP contribution in [0.25, 0.3) is 6.08 Å². The molecule has 0 aromatic heterocycles. The van der Waals surface area contributed by atoms with E-state index in [0.717, 1.165) is 12.0 Å². The van der Waals surface area contributed by atoms with Gasteiger partial charge in [-0.15, -0.1) is 0 Å². The summed E-state index contributed by atoms with van der Waals surface area (Å²) in [6.07, 6.45) is 3.96. The van der Waals surface area contributed by atoms with Gasteiger partial charge in [-0.25, -0.2) is 0 Å². The SMILES string of the molecule is CCc1ccc(/C=C/C(=O)N[C@@H](C)C(=O)O)cc1. The lowest BCUT2D eigenvalue weighted by Gasteiger charge is -2.05. The third-order valence-electron chi connectivity index (χ3n) is 2.54. The molecule has 0 unspecified atom stereocenters. The van der Waals surface area contributed by atoms with E-state index < -0.39 is 17.9 Å². The predicted octanol–water partition coefficient (Wildman–Crippen LogP) is 1.85. The van der Waals surface area contributed by atoms with Crippen LogP contribution in [0.15, 0.2) is 30.3 Å². The van der Waals surface area contributed by atoms with Crippen molar-refractivity contribution in [2.24, 2.45) is 0 Å². The Hall–Kier alpha value is -2.10. The fraction of sp³-hybridized carbons (Fsp3) is 0.286. The quantitative estimate of drug-likeness (QED) is 0.780. The molecule has 0 saturated carbocycles. The minimum atomic E-state index is -1.05. The monoisotopic (exact) mass is 247 g/mol. The van der Waals surface area contributed by atoms with E-state index in [0.29, 0.717) is 0 Å². The Balaban J connectivity index is 2.57. The first-order valence-electron chi connectivity index (χ1n) is 5.83. The van der Waals surface area contributed by atoms with Crippen LogP contribution < -0.4 is 5.32 Å². The van der Waals surface area contributed by atoms with Crippen LogP contribution in [0.1, 0.15) is 25.0 Å². The van der Waals surface area contributed by atoms with Gasteiger partial charge in [-0.3, -0.25) is 9.59 Å². The number of rotatable bonds is 5. The minimum Gasteiger partial charge on any atom is -0.480 e. The average Bonchev–Trinajstić information content (AvgIpc) is 2.36. The summed E-state index contributed by atoms with van der Waals surface area (Å²) < 4.78 is 0. The molecule has 0 heterocycles. The molecule has 4 heteroatoms. The average molecular weight is 247 g/mol. The number of amides is 1. The highest BCUT2D eigenvalue weighted by Gasteiger charge is 2.11. The summed E-state index contributed by atoms with van der Waals surface area (Å²) in [7, 11) is 0. The largest absolute Gasteiger partial charge is 0.480 e. The topological polar surface area (TPSA) is 66.4 Å². The highest BCUT2D eigenvalue weighted by molar-refractivity contribution is 5.94. The highest BCUT2D eigenvalue weighted by atomic mass is 16.4. The fourth-order valence-corrected chi connectivity index (χ4v) is 1.36. The van der Waals surface area contributed by atoms with Crippen LogP contribution in [-0.2, 0) is 16.0 Å². The summed E-state index contributed by atoms with van der Waals surface area (Å²) in [5.41, 5.74) is 2.14. The summed E-state index contributed by atoms with van der Waals surface area (Å²) >= 11 is 0. The molecule has 1 atom stereocenters. The van der Waals surface area contributed by atoms with E-state index in [9.17, 15) is 9.59 Å². The molecule has 18 heavy (non-hydrogen) atoms. The Labute approximate surface area is 106 Å². The van der Waals surface area contributed by atoms with Crippen molar-refractivity contribution in [2.45, 2.75) is 26.3 Å². The van der Waals surface area contributed by atoms with Crippen LogP contribution in [0.2, 0.25) is 0 Å². The van der Waals surface area contributed by atoms with Crippen LogP contribution in [0.5, 0.6) is 0 Å². The van der Waals surface area contributed by atoms with Gasteiger partial charge in [-0.05, 0) is 30.5 Å². The van der Waals surface area contributed by atoms with E-state index in [2.05, 4.69) is 12.2 Å². The second-order valence-corrected chi connectivity index (χ2v) is 4.00. The van der Waals surface area contributed by atoms with E-state index >= 15 is 0 Å². The molecule has 0 saturated heterocycles. The molecule has 0 fully saturated rings. The Kier molecular flexibility index (Phi) is 5.11. The van der Waals surface area contributed by atoms with E-state index in [-0.39, 0.29) is 0 Å². The number of nitrogens with one attached hydrogen (secondary N) is 1. The van der Waals surface area contributed by atoms with Gasteiger partial charge in [0.05, 0.1) is 0 Å². The first kappa shape index (κ1) is 14.0. The van der Waals surface area contributed by atoms with Crippen LogP contribution >= 0.6 is 0 Å². The molecular formula is C14H17NO3. The summed E-state index contributed by atoms with van der Waals surface area (Å²) in [6.45, 7) is 3.50. The number of hydrogen-bond acceptors (Lipinski definition) is 2. The van der Waals surface area contributed by atoms with E-state index in [4.69, 9.17) is 5.11 Å². The number of carboxylic acids is 1. The number of aryl methyl sites for hydroxylation is 1. The second-order valence-electron chi connectivity index (χ2n) is 4.00. The van der Waals surface area contributed by atoms with Gasteiger partial charge < -0.3 is 10.4 Å². The van der Waals surface area contributed by atoms with Gasteiger partial charge in [0.25, 0.3) is 0 Å². The lowest BCUT2D eigenvalue weighted by molar-refractivity contribution is -0.140. The summed E-state index contributed by atoms with van der Waals surface area (Å²) in [4.78, 5) is 21.9. The number of hydrogen-bond donors (Lipinski definition) is 2. The summed E-state index contributed by atoms with van der Waals surface area (Å²) in [5, 5.41) is 11.0. The number of carboxylic acid groups (broad SMARTS) is 1. The minimum absolute atomic E-state index is 0.413. The molecule has 1 aromatic rings. The third-order valence-corrected chi connectivity index (χ3v) is 2.54. The van der Waals surface area contributed by atoms with Crippen molar-refractivity contribution in [1.29, 1.82) is 0 Å². The van der Waals surface area contributed by atoms with E-state index in [1.54, 1.807) is 6.08 Å². The maximum Gasteiger partial charge on any atom is 0.325 e. The van der Waals surface area contributed by atoms with Crippen molar-refractivity contribution in [3.63, 3.8) is 0 Å². The third kappa shape index (κ3) is 4.41. The standard InChI is InChI=1S/C14H17NO3/c1-3-11-4-6-12(7-5-11)8-9-13(16)15-10(2)14(17)18/h4-10H,3H2,1-2H3,(H,15,16)(H,17,18)/b9-8+/t10-/m0/s1. The van der Waals surface area contributed by atoms with Crippen molar-refractivity contribution in [3.05, 3.63) is 41.5 Å². The maximum atomic E-state index is 11.4. The molecule has 0 aliphatic heterocycles. The Morgan fingerprint density at radius 1 is 1.33 bits per heavy atom. The first-order valence-corrected chi connectivity index (χ1v) is 5.83. The Morgan fingerprint density at radius 2 is 1.94 bits per heavy atom. The van der Waals surface area contributed by atoms with Gasteiger partial charge in [0.15, 0.2) is 0 Å². The molecule has 96 valence electrons. The zero-order valence-electron chi connectivity index (χ0n) is 10.5. The zero-order chi connectivity index (χ0) is 13.5. The van der Waals surface area contributed by atoms with Crippen molar-refractivity contribution in [3.8, 4) is 0 Å². The van der Waals surface area contributed by atoms with Gasteiger partial charge in [0, 0.05) is 6.08 Å². The molecule has 0 bridgehead atoms. The number of benzene rings is 1. The van der Waals surface area contributed by atoms with Crippen molar-refractivity contribution in [2.75, 3.05) is 0 Å². The van der Waals surface area contributed by atoms with E-state index in [1.807, 2.05) is 24.3 Å². The van der Waals surface area contributed by atoms with Crippen LogP contribution in [-0.4, -0.2) is 23.0 Å². The van der Waals surface area contributed by atoms with Gasteiger partial charge in [-0.2, -0.15) is 0 Å². The van der Waals surface area contributed by atoms with Crippen molar-refractivity contribution in [1.82, 2.24) is 5.32 Å². The second kappa shape index (κ2) is 6.59. The normalized spacial score (nSPS) is 12.3. The zero-order valence-corrected chi connectivity index (χ0v) is 10.5.